The van der Waals surface area contributed by atoms with E-state index < -0.39 is 10.0 Å². The molecule has 1 saturated heterocycles. The Kier molecular flexibility index (Phi) is 4.03. The summed E-state index contributed by atoms with van der Waals surface area (Å²) >= 11 is 6.15. The highest BCUT2D eigenvalue weighted by Gasteiger charge is 2.35. The van der Waals surface area contributed by atoms with E-state index >= 15 is 0 Å². The lowest BCUT2D eigenvalue weighted by molar-refractivity contribution is -0.00267. The average molecular weight is 382 g/mol. The van der Waals surface area contributed by atoms with E-state index in [4.69, 9.17) is 16.3 Å². The van der Waals surface area contributed by atoms with Gasteiger partial charge < -0.3 is 4.74 Å². The van der Waals surface area contributed by atoms with Crippen molar-refractivity contribution in [2.24, 2.45) is 7.05 Å². The number of hydrogen-bond donors (Lipinski definition) is 0. The molecule has 8 nitrogen and oxygen atoms in total. The van der Waals surface area contributed by atoms with E-state index in [1.54, 1.807) is 42.3 Å². The summed E-state index contributed by atoms with van der Waals surface area (Å²) in [7, 11) is -2.01. The number of ether oxygens (including phenoxy) is 1. The van der Waals surface area contributed by atoms with Crippen molar-refractivity contribution in [2.75, 3.05) is 19.7 Å². The summed E-state index contributed by atoms with van der Waals surface area (Å²) in [6, 6.07) is 5.23. The average Bonchev–Trinajstić information content (AvgIpc) is 3.17. The van der Waals surface area contributed by atoms with E-state index in [0.717, 1.165) is 5.56 Å². The summed E-state index contributed by atoms with van der Waals surface area (Å²) in [5.41, 5.74) is 1.33. The van der Waals surface area contributed by atoms with Crippen LogP contribution in [0.5, 0.6) is 0 Å². The van der Waals surface area contributed by atoms with Crippen molar-refractivity contribution in [3.05, 3.63) is 47.5 Å². The minimum Gasteiger partial charge on any atom is -0.371 e. The van der Waals surface area contributed by atoms with Gasteiger partial charge in [0.05, 0.1) is 18.9 Å². The molecule has 0 radical (unpaired) electrons. The van der Waals surface area contributed by atoms with Gasteiger partial charge in [-0.05, 0) is 12.1 Å². The Balaban J connectivity index is 1.71. The zero-order chi connectivity index (χ0) is 17.6. The first kappa shape index (κ1) is 16.5. The number of fused-ring (bicyclic) bond motifs is 1. The maximum atomic E-state index is 13.2. The molecule has 4 rings (SSSR count). The molecule has 25 heavy (non-hydrogen) atoms. The number of imidazole rings is 1. The molecule has 0 aliphatic carbocycles. The summed E-state index contributed by atoms with van der Waals surface area (Å²) in [6.07, 6.45) is 4.78. The first-order valence-corrected chi connectivity index (χ1v) is 9.51. The van der Waals surface area contributed by atoms with Gasteiger partial charge in [0.1, 0.15) is 5.65 Å². The standard InChI is InChI=1S/C15H16ClN5O3S/c1-19-9-11(8-17-19)12-10-20(6-7-24-12)25(22,23)15-14(16)18-13-4-2-3-5-21(13)15/h2-5,8-9,12H,6-7,10H2,1H3/t12-/m0/s1. The molecule has 1 fully saturated rings. The van der Waals surface area contributed by atoms with Gasteiger partial charge in [0.15, 0.2) is 10.2 Å². The largest absolute Gasteiger partial charge is 0.371 e. The third kappa shape index (κ3) is 2.82. The van der Waals surface area contributed by atoms with Crippen LogP contribution in [0.2, 0.25) is 5.15 Å². The first-order valence-electron chi connectivity index (χ1n) is 7.70. The van der Waals surface area contributed by atoms with Crippen LogP contribution in [0.15, 0.2) is 41.8 Å². The summed E-state index contributed by atoms with van der Waals surface area (Å²) in [6.45, 7) is 0.757. The Bertz CT molecular complexity index is 1030. The van der Waals surface area contributed by atoms with E-state index in [9.17, 15) is 8.42 Å². The SMILES string of the molecule is Cn1cc([C@@H]2CN(S(=O)(=O)c3c(Cl)nc4ccccn34)CCO2)cn1. The number of aromatic nitrogens is 4. The number of nitrogens with zero attached hydrogens (tertiary/aromatic N) is 5. The van der Waals surface area contributed by atoms with Crippen molar-refractivity contribution in [3.8, 4) is 0 Å². The molecular weight excluding hydrogens is 366 g/mol. The van der Waals surface area contributed by atoms with Crippen LogP contribution in [0, 0.1) is 0 Å². The fourth-order valence-electron chi connectivity index (χ4n) is 2.95. The molecule has 132 valence electrons. The lowest BCUT2D eigenvalue weighted by Crippen LogP contribution is -2.42. The smallest absolute Gasteiger partial charge is 0.262 e. The van der Waals surface area contributed by atoms with Crippen molar-refractivity contribution in [3.63, 3.8) is 0 Å². The molecular formula is C15H16ClN5O3S. The summed E-state index contributed by atoms with van der Waals surface area (Å²) in [5, 5.41) is 4.07. The Morgan fingerprint density at radius 3 is 2.96 bits per heavy atom. The van der Waals surface area contributed by atoms with Gasteiger partial charge in [-0.1, -0.05) is 17.7 Å². The normalized spacial score (nSPS) is 19.5. The minimum atomic E-state index is -3.82. The second-order valence-electron chi connectivity index (χ2n) is 5.81. The van der Waals surface area contributed by atoms with Crippen molar-refractivity contribution < 1.29 is 13.2 Å². The highest BCUT2D eigenvalue weighted by Crippen LogP contribution is 2.30. The van der Waals surface area contributed by atoms with Crippen LogP contribution >= 0.6 is 11.6 Å². The molecule has 0 spiro atoms. The number of halogens is 1. The summed E-state index contributed by atoms with van der Waals surface area (Å²) in [5.74, 6) is 0. The lowest BCUT2D eigenvalue weighted by atomic mass is 10.2. The maximum Gasteiger partial charge on any atom is 0.262 e. The predicted molar refractivity (Wildman–Crippen MR) is 90.9 cm³/mol. The van der Waals surface area contributed by atoms with Gasteiger partial charge in [-0.15, -0.1) is 0 Å². The fraction of sp³-hybridized carbons (Fsp3) is 0.333. The van der Waals surface area contributed by atoms with E-state index in [2.05, 4.69) is 10.1 Å². The van der Waals surface area contributed by atoms with Gasteiger partial charge in [0.2, 0.25) is 0 Å². The number of aryl methyl sites for hydroxylation is 1. The van der Waals surface area contributed by atoms with Gasteiger partial charge in [0.25, 0.3) is 10.0 Å². The van der Waals surface area contributed by atoms with Gasteiger partial charge in [-0.25, -0.2) is 13.4 Å². The van der Waals surface area contributed by atoms with Crippen LogP contribution in [0.25, 0.3) is 5.65 Å². The Labute approximate surface area is 149 Å². The summed E-state index contributed by atoms with van der Waals surface area (Å²) in [4.78, 5) is 4.13. The minimum absolute atomic E-state index is 0.0170. The van der Waals surface area contributed by atoms with Crippen molar-refractivity contribution in [1.29, 1.82) is 0 Å². The van der Waals surface area contributed by atoms with E-state index in [-0.39, 0.29) is 29.4 Å². The molecule has 3 aromatic rings. The van der Waals surface area contributed by atoms with Crippen molar-refractivity contribution in [2.45, 2.75) is 11.1 Å². The number of rotatable bonds is 3. The molecule has 0 saturated carbocycles. The Morgan fingerprint density at radius 1 is 1.36 bits per heavy atom. The number of pyridine rings is 1. The molecule has 0 bridgehead atoms. The van der Waals surface area contributed by atoms with E-state index in [0.29, 0.717) is 12.3 Å². The molecule has 0 amide bonds. The third-order valence-electron chi connectivity index (χ3n) is 4.16. The van der Waals surface area contributed by atoms with E-state index in [1.807, 2.05) is 6.20 Å². The Hall–Kier alpha value is -1.94. The van der Waals surface area contributed by atoms with Crippen molar-refractivity contribution >= 4 is 27.3 Å². The lowest BCUT2D eigenvalue weighted by Gasteiger charge is -2.31. The fourth-order valence-corrected chi connectivity index (χ4v) is 4.97. The topological polar surface area (TPSA) is 81.7 Å². The second kappa shape index (κ2) is 6.10. The molecule has 1 atom stereocenters. The maximum absolute atomic E-state index is 13.2. The monoisotopic (exact) mass is 381 g/mol. The van der Waals surface area contributed by atoms with Crippen LogP contribution in [0.1, 0.15) is 11.7 Å². The third-order valence-corrected chi connectivity index (χ3v) is 6.42. The molecule has 0 aromatic carbocycles. The second-order valence-corrected chi connectivity index (χ2v) is 8.02. The zero-order valence-corrected chi connectivity index (χ0v) is 15.0. The van der Waals surface area contributed by atoms with E-state index in [1.165, 1.54) is 8.71 Å². The molecule has 0 N–H and O–H groups in total. The van der Waals surface area contributed by atoms with Crippen LogP contribution < -0.4 is 0 Å². The van der Waals surface area contributed by atoms with Gasteiger partial charge in [-0.2, -0.15) is 9.40 Å². The zero-order valence-electron chi connectivity index (χ0n) is 13.4. The molecule has 10 heteroatoms. The molecule has 4 heterocycles. The quantitative estimate of drug-likeness (QED) is 0.686. The summed E-state index contributed by atoms with van der Waals surface area (Å²) < 4.78 is 36.6. The predicted octanol–water partition coefficient (Wildman–Crippen LogP) is 1.48. The highest BCUT2D eigenvalue weighted by molar-refractivity contribution is 7.89. The van der Waals surface area contributed by atoms with Gasteiger partial charge in [0, 0.05) is 38.1 Å². The van der Waals surface area contributed by atoms with Gasteiger partial charge >= 0.3 is 0 Å². The van der Waals surface area contributed by atoms with Crippen LogP contribution in [0.4, 0.5) is 0 Å². The Morgan fingerprint density at radius 2 is 2.20 bits per heavy atom. The number of morpholine rings is 1. The molecule has 0 unspecified atom stereocenters. The van der Waals surface area contributed by atoms with Crippen molar-refractivity contribution in [1.82, 2.24) is 23.5 Å². The number of hydrogen-bond acceptors (Lipinski definition) is 5. The van der Waals surface area contributed by atoms with Crippen LogP contribution in [-0.2, 0) is 21.8 Å². The molecule has 1 aliphatic rings. The first-order chi connectivity index (χ1) is 12.0. The number of sulfonamides is 1. The molecule has 3 aromatic heterocycles. The van der Waals surface area contributed by atoms with Crippen LogP contribution in [0.3, 0.4) is 0 Å². The highest BCUT2D eigenvalue weighted by atomic mass is 35.5. The molecule has 1 aliphatic heterocycles. The van der Waals surface area contributed by atoms with Crippen LogP contribution in [-0.4, -0.2) is 51.6 Å². The van der Waals surface area contributed by atoms with Gasteiger partial charge in [-0.3, -0.25) is 9.08 Å².